The van der Waals surface area contributed by atoms with Crippen LogP contribution in [-0.2, 0) is 20.7 Å². The molecule has 2 aliphatic heterocycles. The highest BCUT2D eigenvalue weighted by molar-refractivity contribution is 5.83. The molecule has 9 nitrogen and oxygen atoms in total. The van der Waals surface area contributed by atoms with Crippen LogP contribution in [0.3, 0.4) is 0 Å². The molecule has 3 aliphatic rings. The number of hydrogen-bond acceptors (Lipinski definition) is 7. The fraction of sp³-hybridized carbons (Fsp3) is 0.531. The topological polar surface area (TPSA) is 108 Å². The summed E-state index contributed by atoms with van der Waals surface area (Å²) >= 11 is 0. The molecule has 3 fully saturated rings. The summed E-state index contributed by atoms with van der Waals surface area (Å²) in [4.78, 5) is 33.3. The van der Waals surface area contributed by atoms with Crippen molar-refractivity contribution < 1.29 is 37.0 Å². The molecule has 2 atom stereocenters. The van der Waals surface area contributed by atoms with Gasteiger partial charge in [-0.3, -0.25) is 9.59 Å². The van der Waals surface area contributed by atoms with Gasteiger partial charge in [0.05, 0.1) is 31.1 Å². The molecule has 12 heteroatoms. The predicted molar refractivity (Wildman–Crippen MR) is 156 cm³/mol. The molecule has 1 saturated carbocycles. The second-order valence-corrected chi connectivity index (χ2v) is 12.2. The Labute approximate surface area is 253 Å². The number of carboxylic acids is 1. The van der Waals surface area contributed by atoms with E-state index in [2.05, 4.69) is 15.2 Å². The molecule has 0 radical (unpaired) electrons. The summed E-state index contributed by atoms with van der Waals surface area (Å²) in [6.45, 7) is 3.00. The van der Waals surface area contributed by atoms with Gasteiger partial charge < -0.3 is 29.4 Å². The number of ether oxygens (including phenoxy) is 1. The Morgan fingerprint density at radius 1 is 1.00 bits per heavy atom. The van der Waals surface area contributed by atoms with E-state index in [0.29, 0.717) is 38.0 Å². The van der Waals surface area contributed by atoms with Gasteiger partial charge in [0.1, 0.15) is 5.82 Å². The van der Waals surface area contributed by atoms with Crippen molar-refractivity contribution in [3.8, 4) is 0 Å². The van der Waals surface area contributed by atoms with Gasteiger partial charge in [0, 0.05) is 23.8 Å². The smallest absolute Gasteiger partial charge is 0.306 e. The molecule has 2 aromatic carbocycles. The van der Waals surface area contributed by atoms with Crippen LogP contribution in [0.2, 0.25) is 0 Å². The maximum atomic E-state index is 15.7. The third-order valence-electron chi connectivity index (χ3n) is 9.20. The SMILES string of the molecule is O=C(O)C1CCC(OC[C@@H]2CC[C@@H](CN3CCCC3)N2C(=O)Cc2cc(F)c3nc(Nc4ccc(F)cc4)oc3c2F)CC1. The average Bonchev–Trinajstić information content (AvgIpc) is 3.77. The molecule has 2 N–H and O–H groups in total. The number of fused-ring (bicyclic) bond motifs is 1. The van der Waals surface area contributed by atoms with Gasteiger partial charge in [-0.2, -0.15) is 4.98 Å². The van der Waals surface area contributed by atoms with Crippen molar-refractivity contribution in [3.63, 3.8) is 0 Å². The summed E-state index contributed by atoms with van der Waals surface area (Å²) in [6, 6.07) is 5.91. The van der Waals surface area contributed by atoms with Gasteiger partial charge in [0.15, 0.2) is 22.7 Å². The van der Waals surface area contributed by atoms with E-state index in [-0.39, 0.29) is 53.5 Å². The van der Waals surface area contributed by atoms with Crippen molar-refractivity contribution in [2.75, 3.05) is 31.6 Å². The molecule has 1 aliphatic carbocycles. The number of halogens is 3. The van der Waals surface area contributed by atoms with Crippen LogP contribution in [0.5, 0.6) is 0 Å². The molecule has 236 valence electrons. The summed E-state index contributed by atoms with van der Waals surface area (Å²) in [7, 11) is 0. The molecule has 3 heterocycles. The quantitative estimate of drug-likeness (QED) is 0.302. The van der Waals surface area contributed by atoms with Crippen LogP contribution >= 0.6 is 0 Å². The molecule has 44 heavy (non-hydrogen) atoms. The first-order valence-electron chi connectivity index (χ1n) is 15.4. The average molecular weight is 615 g/mol. The zero-order valence-electron chi connectivity index (χ0n) is 24.4. The zero-order chi connectivity index (χ0) is 30.8. The van der Waals surface area contributed by atoms with Gasteiger partial charge >= 0.3 is 5.97 Å². The van der Waals surface area contributed by atoms with E-state index in [1.54, 1.807) is 0 Å². The second-order valence-electron chi connectivity index (χ2n) is 12.2. The number of aliphatic carboxylic acids is 1. The molecule has 0 spiro atoms. The number of amides is 1. The number of anilines is 2. The highest BCUT2D eigenvalue weighted by atomic mass is 19.1. The van der Waals surface area contributed by atoms with Crippen molar-refractivity contribution in [1.82, 2.24) is 14.8 Å². The number of nitrogens with one attached hydrogen (secondary N) is 1. The number of rotatable bonds is 10. The third-order valence-corrected chi connectivity index (χ3v) is 9.20. The van der Waals surface area contributed by atoms with Gasteiger partial charge in [-0.05, 0) is 94.8 Å². The lowest BCUT2D eigenvalue weighted by molar-refractivity contribution is -0.144. The summed E-state index contributed by atoms with van der Waals surface area (Å²) in [6.07, 6.45) is 5.82. The van der Waals surface area contributed by atoms with Crippen LogP contribution in [0.15, 0.2) is 34.7 Å². The highest BCUT2D eigenvalue weighted by Gasteiger charge is 2.39. The number of carbonyl (C=O) groups is 2. The number of carboxylic acid groups (broad SMARTS) is 1. The first-order valence-corrected chi connectivity index (χ1v) is 15.4. The molecule has 1 amide bonds. The number of likely N-dealkylation sites (tertiary alicyclic amines) is 2. The number of oxazole rings is 1. The molecular formula is C32H37F3N4O5. The van der Waals surface area contributed by atoms with Crippen LogP contribution in [0.4, 0.5) is 24.9 Å². The number of carbonyl (C=O) groups excluding carboxylic acids is 1. The van der Waals surface area contributed by atoms with E-state index in [1.807, 2.05) is 4.90 Å². The Kier molecular flexibility index (Phi) is 9.08. The van der Waals surface area contributed by atoms with Crippen LogP contribution in [0.25, 0.3) is 11.1 Å². The maximum absolute atomic E-state index is 15.7. The Balaban J connectivity index is 1.17. The van der Waals surface area contributed by atoms with Gasteiger partial charge in [0.2, 0.25) is 5.91 Å². The predicted octanol–water partition coefficient (Wildman–Crippen LogP) is 5.65. The molecule has 1 aromatic heterocycles. The minimum absolute atomic E-state index is 0.0571. The van der Waals surface area contributed by atoms with Gasteiger partial charge in [-0.15, -0.1) is 0 Å². The van der Waals surface area contributed by atoms with Gasteiger partial charge in [-0.1, -0.05) is 0 Å². The molecule has 0 bridgehead atoms. The summed E-state index contributed by atoms with van der Waals surface area (Å²) in [5, 5.41) is 12.1. The fourth-order valence-electron chi connectivity index (χ4n) is 6.85. The van der Waals surface area contributed by atoms with Crippen molar-refractivity contribution >= 4 is 34.7 Å². The lowest BCUT2D eigenvalue weighted by Crippen LogP contribution is -2.48. The van der Waals surface area contributed by atoms with Crippen LogP contribution < -0.4 is 5.32 Å². The second kappa shape index (κ2) is 13.2. The molecule has 0 unspecified atom stereocenters. The van der Waals surface area contributed by atoms with E-state index in [0.717, 1.165) is 51.4 Å². The molecule has 6 rings (SSSR count). The Morgan fingerprint density at radius 3 is 2.41 bits per heavy atom. The summed E-state index contributed by atoms with van der Waals surface area (Å²) in [5.74, 6) is -3.52. The largest absolute Gasteiger partial charge is 0.481 e. The minimum Gasteiger partial charge on any atom is -0.481 e. The number of aromatic nitrogens is 1. The van der Waals surface area contributed by atoms with Crippen molar-refractivity contribution in [1.29, 1.82) is 0 Å². The van der Waals surface area contributed by atoms with E-state index < -0.39 is 29.0 Å². The standard InChI is InChI=1S/C32H37F3N4O5/c33-21-5-7-22(8-6-21)36-32-37-29-26(34)15-20(28(35)30(29)44-32)16-27(40)39-23(17-38-13-1-2-14-38)9-10-24(39)18-43-25-11-3-19(4-12-25)31(41)42/h5-8,15,19,23-25H,1-4,9-14,16-18H2,(H,36,37)(H,41,42)/t19?,23-,24-,25?/m0/s1. The first kappa shape index (κ1) is 30.4. The number of nitrogens with zero attached hydrogens (tertiary/aromatic N) is 3. The molecular weight excluding hydrogens is 577 g/mol. The van der Waals surface area contributed by atoms with E-state index >= 15 is 8.78 Å². The van der Waals surface area contributed by atoms with Crippen LogP contribution in [0.1, 0.15) is 56.9 Å². The van der Waals surface area contributed by atoms with Crippen molar-refractivity contribution in [3.05, 3.63) is 53.3 Å². The summed E-state index contributed by atoms with van der Waals surface area (Å²) < 4.78 is 55.8. The van der Waals surface area contributed by atoms with Crippen molar-refractivity contribution in [2.24, 2.45) is 5.92 Å². The summed E-state index contributed by atoms with van der Waals surface area (Å²) in [5.41, 5.74) is -0.400. The zero-order valence-corrected chi connectivity index (χ0v) is 24.4. The lowest BCUT2D eigenvalue weighted by atomic mass is 9.87. The minimum atomic E-state index is -0.854. The Hall–Kier alpha value is -3.64. The highest BCUT2D eigenvalue weighted by Crippen LogP contribution is 2.33. The number of benzene rings is 2. The lowest BCUT2D eigenvalue weighted by Gasteiger charge is -2.34. The van der Waals surface area contributed by atoms with Crippen molar-refractivity contribution in [2.45, 2.75) is 76.0 Å². The molecule has 2 saturated heterocycles. The normalized spacial score (nSPS) is 24.3. The van der Waals surface area contributed by atoms with Crippen LogP contribution in [0, 0.1) is 23.4 Å². The maximum Gasteiger partial charge on any atom is 0.306 e. The Bertz CT molecular complexity index is 1490. The van der Waals surface area contributed by atoms with E-state index in [4.69, 9.17) is 9.15 Å². The first-order chi connectivity index (χ1) is 21.2. The van der Waals surface area contributed by atoms with E-state index in [1.165, 1.54) is 24.3 Å². The number of hydrogen-bond donors (Lipinski definition) is 2. The Morgan fingerprint density at radius 2 is 1.70 bits per heavy atom. The monoisotopic (exact) mass is 614 g/mol. The molecule has 3 aromatic rings. The fourth-order valence-corrected chi connectivity index (χ4v) is 6.85. The van der Waals surface area contributed by atoms with E-state index in [9.17, 15) is 19.1 Å². The van der Waals surface area contributed by atoms with Crippen LogP contribution in [-0.4, -0.2) is 76.2 Å². The van der Waals surface area contributed by atoms with Gasteiger partial charge in [-0.25, -0.2) is 13.2 Å². The van der Waals surface area contributed by atoms with Gasteiger partial charge in [0.25, 0.3) is 6.01 Å². The third kappa shape index (κ3) is 6.71.